The maximum atomic E-state index is 6.33. The van der Waals surface area contributed by atoms with Crippen molar-refractivity contribution in [2.45, 2.75) is 33.1 Å². The topological polar surface area (TPSA) is 0 Å². The zero-order valence-corrected chi connectivity index (χ0v) is 10.6. The smallest absolute Gasteiger partial charge is 0.0610 e. The van der Waals surface area contributed by atoms with Crippen LogP contribution in [0.1, 0.15) is 35.9 Å². The van der Waals surface area contributed by atoms with E-state index in [0.29, 0.717) is 5.92 Å². The quantitative estimate of drug-likeness (QED) is 0.635. The zero-order chi connectivity index (χ0) is 10.9. The normalized spacial score (nSPS) is 13.4. The van der Waals surface area contributed by atoms with Gasteiger partial charge in [0.1, 0.15) is 0 Å². The van der Waals surface area contributed by atoms with Gasteiger partial charge in [-0.2, -0.15) is 0 Å². The van der Waals surface area contributed by atoms with Crippen molar-refractivity contribution in [3.8, 4) is 0 Å². The van der Waals surface area contributed by atoms with Gasteiger partial charge in [0.2, 0.25) is 0 Å². The van der Waals surface area contributed by atoms with E-state index in [0.717, 1.165) is 10.6 Å². The number of rotatable bonds is 2. The van der Waals surface area contributed by atoms with Crippen molar-refractivity contribution in [3.63, 3.8) is 0 Å². The predicted octanol–water partition coefficient (Wildman–Crippen LogP) is 4.89. The summed E-state index contributed by atoms with van der Waals surface area (Å²) in [5.74, 6) is 0.441. The van der Waals surface area contributed by atoms with Crippen molar-refractivity contribution in [2.24, 2.45) is 5.92 Å². The molecule has 2 heteroatoms. The first kappa shape index (κ1) is 11.9. The van der Waals surface area contributed by atoms with Crippen LogP contribution in [0.15, 0.2) is 12.1 Å². The summed E-state index contributed by atoms with van der Waals surface area (Å²) in [6.07, 6.45) is 0. The van der Waals surface area contributed by atoms with Gasteiger partial charge in [-0.1, -0.05) is 31.5 Å². The number of hydrogen-bond donors (Lipinski definition) is 0. The summed E-state index contributed by atoms with van der Waals surface area (Å²) in [4.78, 5) is 0. The Balaban J connectivity index is 3.15. The molecule has 1 rings (SSSR count). The van der Waals surface area contributed by atoms with Crippen LogP contribution in [0.5, 0.6) is 0 Å². The largest absolute Gasteiger partial charge is 0.118 e. The van der Waals surface area contributed by atoms with Crippen molar-refractivity contribution in [3.05, 3.63) is 33.8 Å². The number of hydrogen-bond acceptors (Lipinski definition) is 0. The number of benzene rings is 1. The summed E-state index contributed by atoms with van der Waals surface area (Å²) >= 11 is 12.4. The minimum Gasteiger partial charge on any atom is -0.118 e. The summed E-state index contributed by atoms with van der Waals surface area (Å²) in [7, 11) is 0. The highest BCUT2D eigenvalue weighted by Gasteiger charge is 2.15. The van der Waals surface area contributed by atoms with E-state index in [1.165, 1.54) is 11.1 Å². The molecule has 0 bridgehead atoms. The molecule has 0 heterocycles. The third-order valence-electron chi connectivity index (χ3n) is 2.43. The van der Waals surface area contributed by atoms with E-state index < -0.39 is 0 Å². The summed E-state index contributed by atoms with van der Waals surface area (Å²) in [6, 6.07) is 4.08. The molecule has 0 aliphatic carbocycles. The molecule has 0 amide bonds. The molecule has 0 saturated heterocycles. The Morgan fingerprint density at radius 1 is 1.07 bits per heavy atom. The summed E-state index contributed by atoms with van der Waals surface area (Å²) in [6.45, 7) is 8.32. The Hall–Kier alpha value is -0.200. The van der Waals surface area contributed by atoms with Crippen LogP contribution >= 0.6 is 23.2 Å². The molecule has 0 radical (unpaired) electrons. The zero-order valence-electron chi connectivity index (χ0n) is 9.07. The van der Waals surface area contributed by atoms with E-state index >= 15 is 0 Å². The maximum absolute atomic E-state index is 6.33. The summed E-state index contributed by atoms with van der Waals surface area (Å²) in [5.41, 5.74) is 3.47. The molecule has 0 saturated carbocycles. The summed E-state index contributed by atoms with van der Waals surface area (Å²) in [5, 5.41) is 0.893. The van der Waals surface area contributed by atoms with Gasteiger partial charge < -0.3 is 0 Å². The van der Waals surface area contributed by atoms with Gasteiger partial charge in [0.05, 0.1) is 5.38 Å². The van der Waals surface area contributed by atoms with Crippen LogP contribution in [0.3, 0.4) is 0 Å². The molecule has 0 nitrogen and oxygen atoms in total. The third kappa shape index (κ3) is 2.43. The van der Waals surface area contributed by atoms with Gasteiger partial charge in [0.15, 0.2) is 0 Å². The Morgan fingerprint density at radius 3 is 2.14 bits per heavy atom. The fraction of sp³-hybridized carbons (Fsp3) is 0.500. The van der Waals surface area contributed by atoms with Crippen molar-refractivity contribution in [1.29, 1.82) is 0 Å². The third-order valence-corrected chi connectivity index (χ3v) is 3.58. The Labute approximate surface area is 96.2 Å². The standard InChI is InChI=1S/C12H16Cl2/c1-7(2)12(14)10-5-9(4)11(13)6-8(10)3/h5-7,12H,1-4H3. The Kier molecular flexibility index (Phi) is 3.86. The molecule has 1 unspecified atom stereocenters. The highest BCUT2D eigenvalue weighted by molar-refractivity contribution is 6.31. The van der Waals surface area contributed by atoms with E-state index in [-0.39, 0.29) is 5.38 Å². The lowest BCUT2D eigenvalue weighted by molar-refractivity contribution is 0.621. The SMILES string of the molecule is Cc1cc(C(Cl)C(C)C)c(C)cc1Cl. The van der Waals surface area contributed by atoms with Gasteiger partial charge in [0, 0.05) is 5.02 Å². The fourth-order valence-corrected chi connectivity index (χ4v) is 1.91. The molecule has 1 atom stereocenters. The lowest BCUT2D eigenvalue weighted by Crippen LogP contribution is -2.02. The number of aryl methyl sites for hydroxylation is 2. The van der Waals surface area contributed by atoms with Gasteiger partial charge in [-0.15, -0.1) is 11.6 Å². The number of alkyl halides is 1. The monoisotopic (exact) mass is 230 g/mol. The van der Waals surface area contributed by atoms with Gasteiger partial charge in [0.25, 0.3) is 0 Å². The molecule has 1 aromatic rings. The van der Waals surface area contributed by atoms with Gasteiger partial charge in [-0.25, -0.2) is 0 Å². The molecule has 0 N–H and O–H groups in total. The van der Waals surface area contributed by atoms with Gasteiger partial charge in [-0.05, 0) is 42.5 Å². The fourth-order valence-electron chi connectivity index (χ4n) is 1.46. The van der Waals surface area contributed by atoms with Crippen molar-refractivity contribution in [1.82, 2.24) is 0 Å². The van der Waals surface area contributed by atoms with Crippen LogP contribution in [0, 0.1) is 19.8 Å². The molecular formula is C12H16Cl2. The lowest BCUT2D eigenvalue weighted by atomic mass is 9.96. The molecule has 0 aliphatic rings. The highest BCUT2D eigenvalue weighted by Crippen LogP contribution is 2.33. The van der Waals surface area contributed by atoms with Gasteiger partial charge >= 0.3 is 0 Å². The Bertz CT molecular complexity index is 329. The second-order valence-corrected chi connectivity index (χ2v) is 4.98. The van der Waals surface area contributed by atoms with Crippen molar-refractivity contribution >= 4 is 23.2 Å². The molecule has 0 aliphatic heterocycles. The molecular weight excluding hydrogens is 215 g/mol. The second kappa shape index (κ2) is 4.55. The predicted molar refractivity (Wildman–Crippen MR) is 64.4 cm³/mol. The minimum atomic E-state index is 0.0750. The van der Waals surface area contributed by atoms with Crippen LogP contribution < -0.4 is 0 Å². The first-order valence-corrected chi connectivity index (χ1v) is 5.65. The lowest BCUT2D eigenvalue weighted by Gasteiger charge is -2.17. The molecule has 0 fully saturated rings. The maximum Gasteiger partial charge on any atom is 0.0610 e. The first-order valence-electron chi connectivity index (χ1n) is 4.84. The van der Waals surface area contributed by atoms with Crippen LogP contribution in [0.25, 0.3) is 0 Å². The van der Waals surface area contributed by atoms with Gasteiger partial charge in [-0.3, -0.25) is 0 Å². The van der Waals surface area contributed by atoms with E-state index in [2.05, 4.69) is 26.8 Å². The van der Waals surface area contributed by atoms with E-state index in [1.807, 2.05) is 13.0 Å². The van der Waals surface area contributed by atoms with E-state index in [9.17, 15) is 0 Å². The molecule has 0 spiro atoms. The van der Waals surface area contributed by atoms with Crippen LogP contribution in [-0.2, 0) is 0 Å². The van der Waals surface area contributed by atoms with Crippen LogP contribution in [0.4, 0.5) is 0 Å². The molecule has 14 heavy (non-hydrogen) atoms. The molecule has 78 valence electrons. The van der Waals surface area contributed by atoms with Crippen molar-refractivity contribution in [2.75, 3.05) is 0 Å². The van der Waals surface area contributed by atoms with Crippen LogP contribution in [0.2, 0.25) is 5.02 Å². The highest BCUT2D eigenvalue weighted by atomic mass is 35.5. The average molecular weight is 231 g/mol. The second-order valence-electron chi connectivity index (χ2n) is 4.10. The van der Waals surface area contributed by atoms with E-state index in [4.69, 9.17) is 23.2 Å². The van der Waals surface area contributed by atoms with E-state index in [1.54, 1.807) is 0 Å². The number of halogens is 2. The van der Waals surface area contributed by atoms with Crippen molar-refractivity contribution < 1.29 is 0 Å². The molecule has 0 aromatic heterocycles. The van der Waals surface area contributed by atoms with Crippen LogP contribution in [-0.4, -0.2) is 0 Å². The minimum absolute atomic E-state index is 0.0750. The summed E-state index contributed by atoms with van der Waals surface area (Å²) < 4.78 is 0. The Morgan fingerprint density at radius 2 is 1.64 bits per heavy atom. The average Bonchev–Trinajstić information content (AvgIpc) is 2.10. The molecule has 1 aromatic carbocycles. The first-order chi connectivity index (χ1) is 6.43.